The molecule has 0 aromatic rings. The summed E-state index contributed by atoms with van der Waals surface area (Å²) in [6.07, 6.45) is 24.8. The van der Waals surface area contributed by atoms with Crippen LogP contribution in [0.3, 0.4) is 0 Å². The molecular weight excluding hydrogens is 444 g/mol. The second-order valence-corrected chi connectivity index (χ2v) is 9.78. The van der Waals surface area contributed by atoms with E-state index in [1.54, 1.807) is 0 Å². The molecule has 0 saturated carbocycles. The number of unbranched alkanes of at least 4 members (excludes halogenated alkanes) is 18. The third-order valence-corrected chi connectivity index (χ3v) is 6.13. The van der Waals surface area contributed by atoms with E-state index < -0.39 is 12.1 Å². The third kappa shape index (κ3) is 35.1. The van der Waals surface area contributed by atoms with E-state index in [1.165, 1.54) is 103 Å². The molecule has 0 radical (unpaired) electrons. The number of carbonyl (C=O) groups is 2. The normalized spacial score (nSPS) is 11.5. The highest BCUT2D eigenvalue weighted by molar-refractivity contribution is 5.69. The molecule has 210 valence electrons. The molecule has 0 aliphatic heterocycles. The van der Waals surface area contributed by atoms with Gasteiger partial charge in [0.05, 0.1) is 6.61 Å². The Bertz CT molecular complexity index is 441. The standard InChI is InChI=1S/C15H30O4.C14H28O2/c1-2-3-4-5-6-7-8-9-10-11-15(18)19-13-14(17)12-16;1-2-3-4-5-6-7-8-9-10-11-12-13-14(15)16/h14,16-17H,2-13H2,1H3;2-13H2,1H3,(H,15,16). The van der Waals surface area contributed by atoms with Gasteiger partial charge in [0.2, 0.25) is 0 Å². The zero-order valence-electron chi connectivity index (χ0n) is 23.1. The van der Waals surface area contributed by atoms with E-state index in [9.17, 15) is 9.59 Å². The number of aliphatic hydroxyl groups is 2. The van der Waals surface area contributed by atoms with Gasteiger partial charge in [-0.05, 0) is 12.8 Å². The molecule has 0 saturated heterocycles. The summed E-state index contributed by atoms with van der Waals surface area (Å²) < 4.78 is 4.82. The van der Waals surface area contributed by atoms with Gasteiger partial charge in [0.25, 0.3) is 0 Å². The van der Waals surface area contributed by atoms with Crippen LogP contribution in [-0.2, 0) is 14.3 Å². The van der Waals surface area contributed by atoms with Gasteiger partial charge in [0.1, 0.15) is 12.7 Å². The van der Waals surface area contributed by atoms with E-state index in [2.05, 4.69) is 13.8 Å². The number of aliphatic carboxylic acids is 1. The van der Waals surface area contributed by atoms with Crippen molar-refractivity contribution in [2.75, 3.05) is 13.2 Å². The largest absolute Gasteiger partial charge is 0.481 e. The van der Waals surface area contributed by atoms with E-state index in [4.69, 9.17) is 20.1 Å². The monoisotopic (exact) mass is 502 g/mol. The Hall–Kier alpha value is -1.14. The molecule has 6 nitrogen and oxygen atoms in total. The summed E-state index contributed by atoms with van der Waals surface area (Å²) in [5.74, 6) is -0.939. The molecule has 0 spiro atoms. The van der Waals surface area contributed by atoms with Crippen molar-refractivity contribution in [1.82, 2.24) is 0 Å². The van der Waals surface area contributed by atoms with Crippen molar-refractivity contribution in [3.05, 3.63) is 0 Å². The first-order valence-corrected chi connectivity index (χ1v) is 14.6. The van der Waals surface area contributed by atoms with Gasteiger partial charge in [-0.15, -0.1) is 0 Å². The van der Waals surface area contributed by atoms with Crippen LogP contribution >= 0.6 is 0 Å². The fourth-order valence-corrected chi connectivity index (χ4v) is 3.83. The molecule has 0 aromatic heterocycles. The number of rotatable bonds is 25. The molecule has 0 bridgehead atoms. The number of carboxylic acids is 1. The lowest BCUT2D eigenvalue weighted by Crippen LogP contribution is -2.21. The summed E-state index contributed by atoms with van der Waals surface area (Å²) in [6.45, 7) is 3.99. The lowest BCUT2D eigenvalue weighted by Gasteiger charge is -2.08. The van der Waals surface area contributed by atoms with Crippen molar-refractivity contribution in [3.8, 4) is 0 Å². The van der Waals surface area contributed by atoms with Gasteiger partial charge in [-0.2, -0.15) is 0 Å². The highest BCUT2D eigenvalue weighted by atomic mass is 16.5. The number of hydrogen-bond donors (Lipinski definition) is 3. The van der Waals surface area contributed by atoms with Crippen LogP contribution in [0.4, 0.5) is 0 Å². The van der Waals surface area contributed by atoms with E-state index in [0.717, 1.165) is 25.7 Å². The Morgan fingerprint density at radius 1 is 0.600 bits per heavy atom. The predicted molar refractivity (Wildman–Crippen MR) is 145 cm³/mol. The quantitative estimate of drug-likeness (QED) is 0.0878. The van der Waals surface area contributed by atoms with Crippen LogP contribution in [0.2, 0.25) is 0 Å². The molecule has 0 rings (SSSR count). The number of aliphatic hydroxyl groups excluding tert-OH is 2. The Kier molecular flexibility index (Phi) is 31.8. The Balaban J connectivity index is 0. The predicted octanol–water partition coefficient (Wildman–Crippen LogP) is 7.58. The lowest BCUT2D eigenvalue weighted by atomic mass is 10.1. The molecule has 0 aliphatic carbocycles. The maximum atomic E-state index is 11.3. The minimum atomic E-state index is -0.952. The summed E-state index contributed by atoms with van der Waals surface area (Å²) in [5, 5.41) is 26.0. The highest BCUT2D eigenvalue weighted by Gasteiger charge is 2.07. The van der Waals surface area contributed by atoms with Crippen molar-refractivity contribution in [2.24, 2.45) is 0 Å². The summed E-state index contributed by atoms with van der Waals surface area (Å²) >= 11 is 0. The first-order chi connectivity index (χ1) is 17.0. The number of esters is 1. The molecule has 35 heavy (non-hydrogen) atoms. The van der Waals surface area contributed by atoms with Crippen LogP contribution in [0.5, 0.6) is 0 Å². The van der Waals surface area contributed by atoms with Gasteiger partial charge in [0.15, 0.2) is 0 Å². The number of ether oxygens (including phenoxy) is 1. The van der Waals surface area contributed by atoms with Crippen molar-refractivity contribution in [3.63, 3.8) is 0 Å². The van der Waals surface area contributed by atoms with Crippen LogP contribution in [0.25, 0.3) is 0 Å². The van der Waals surface area contributed by atoms with Crippen LogP contribution in [0, 0.1) is 0 Å². The molecule has 0 amide bonds. The number of hydrogen-bond acceptors (Lipinski definition) is 5. The second-order valence-electron chi connectivity index (χ2n) is 9.78. The lowest BCUT2D eigenvalue weighted by molar-refractivity contribution is -0.147. The molecule has 0 aromatic carbocycles. The second kappa shape index (κ2) is 30.9. The minimum absolute atomic E-state index is 0.104. The first kappa shape index (κ1) is 36.0. The fourth-order valence-electron chi connectivity index (χ4n) is 3.83. The first-order valence-electron chi connectivity index (χ1n) is 14.6. The van der Waals surface area contributed by atoms with E-state index in [-0.39, 0.29) is 19.2 Å². The van der Waals surface area contributed by atoms with Gasteiger partial charge >= 0.3 is 11.9 Å². The Morgan fingerprint density at radius 2 is 0.943 bits per heavy atom. The van der Waals surface area contributed by atoms with Crippen molar-refractivity contribution in [2.45, 2.75) is 161 Å². The average molecular weight is 503 g/mol. The summed E-state index contributed by atoms with van der Waals surface area (Å²) in [4.78, 5) is 21.5. The van der Waals surface area contributed by atoms with Crippen molar-refractivity contribution < 1.29 is 29.6 Å². The van der Waals surface area contributed by atoms with Gasteiger partial charge in [0, 0.05) is 12.8 Å². The summed E-state index contributed by atoms with van der Waals surface area (Å²) in [6, 6.07) is 0. The maximum absolute atomic E-state index is 11.3. The molecule has 0 heterocycles. The molecule has 6 heteroatoms. The Morgan fingerprint density at radius 3 is 1.29 bits per heavy atom. The van der Waals surface area contributed by atoms with Gasteiger partial charge in [-0.1, -0.05) is 129 Å². The molecule has 3 N–H and O–H groups in total. The van der Waals surface area contributed by atoms with E-state index >= 15 is 0 Å². The molecule has 1 atom stereocenters. The fraction of sp³-hybridized carbons (Fsp3) is 0.931. The average Bonchev–Trinajstić information content (AvgIpc) is 2.85. The number of carboxylic acid groups (broad SMARTS) is 1. The van der Waals surface area contributed by atoms with Gasteiger partial charge in [-0.3, -0.25) is 9.59 Å². The smallest absolute Gasteiger partial charge is 0.305 e. The van der Waals surface area contributed by atoms with Crippen LogP contribution in [-0.4, -0.2) is 46.6 Å². The van der Waals surface area contributed by atoms with Gasteiger partial charge < -0.3 is 20.1 Å². The minimum Gasteiger partial charge on any atom is -0.481 e. The van der Waals surface area contributed by atoms with E-state index in [1.807, 2.05) is 0 Å². The topological polar surface area (TPSA) is 104 Å². The SMILES string of the molecule is CCCCCCCCCCCC(=O)OCC(O)CO.CCCCCCCCCCCCCC(=O)O. The van der Waals surface area contributed by atoms with Crippen molar-refractivity contribution in [1.29, 1.82) is 0 Å². The maximum Gasteiger partial charge on any atom is 0.305 e. The van der Waals surface area contributed by atoms with Crippen LogP contribution in [0.15, 0.2) is 0 Å². The highest BCUT2D eigenvalue weighted by Crippen LogP contribution is 2.12. The molecule has 1 unspecified atom stereocenters. The van der Waals surface area contributed by atoms with Crippen LogP contribution < -0.4 is 0 Å². The zero-order valence-corrected chi connectivity index (χ0v) is 23.1. The molecule has 0 aliphatic rings. The van der Waals surface area contributed by atoms with Crippen molar-refractivity contribution >= 4 is 11.9 Å². The summed E-state index contributed by atoms with van der Waals surface area (Å²) in [7, 11) is 0. The van der Waals surface area contributed by atoms with Gasteiger partial charge in [-0.25, -0.2) is 0 Å². The third-order valence-electron chi connectivity index (χ3n) is 6.13. The Labute approximate surface area is 216 Å². The summed E-state index contributed by atoms with van der Waals surface area (Å²) in [5.41, 5.74) is 0. The van der Waals surface area contributed by atoms with Crippen LogP contribution in [0.1, 0.15) is 155 Å². The van der Waals surface area contributed by atoms with E-state index in [0.29, 0.717) is 12.8 Å². The molecule has 0 fully saturated rings. The number of carbonyl (C=O) groups excluding carboxylic acids is 1. The molecular formula is C29H58O6. The zero-order chi connectivity index (χ0) is 26.4.